The molecule has 158 valence electrons. The van der Waals surface area contributed by atoms with Gasteiger partial charge in [0.15, 0.2) is 17.3 Å². The third kappa shape index (κ3) is 3.72. The molecule has 0 fully saturated rings. The molecule has 0 bridgehead atoms. The average Bonchev–Trinajstić information content (AvgIpc) is 3.52. The van der Waals surface area contributed by atoms with Gasteiger partial charge in [0.25, 0.3) is 5.69 Å². The molecular formula is C22H12BrClN4O4. The van der Waals surface area contributed by atoms with Crippen LogP contribution in [0.15, 0.2) is 85.4 Å². The summed E-state index contributed by atoms with van der Waals surface area (Å²) in [7, 11) is 0. The molecule has 32 heavy (non-hydrogen) atoms. The van der Waals surface area contributed by atoms with E-state index in [0.29, 0.717) is 45.0 Å². The predicted octanol–water partition coefficient (Wildman–Crippen LogP) is 6.93. The molecule has 0 spiro atoms. The molecule has 1 aromatic carbocycles. The van der Waals surface area contributed by atoms with Crippen molar-refractivity contribution in [1.82, 2.24) is 9.38 Å². The van der Waals surface area contributed by atoms with Crippen molar-refractivity contribution in [3.8, 4) is 22.8 Å². The van der Waals surface area contributed by atoms with Crippen LogP contribution in [0.5, 0.6) is 0 Å². The lowest BCUT2D eigenvalue weighted by molar-refractivity contribution is -0.384. The van der Waals surface area contributed by atoms with E-state index in [0.717, 1.165) is 4.47 Å². The number of non-ortho nitro benzene ring substituents is 1. The van der Waals surface area contributed by atoms with Crippen LogP contribution in [-0.4, -0.2) is 20.5 Å². The van der Waals surface area contributed by atoms with Gasteiger partial charge >= 0.3 is 0 Å². The van der Waals surface area contributed by atoms with Gasteiger partial charge in [-0.1, -0.05) is 11.6 Å². The fourth-order valence-electron chi connectivity index (χ4n) is 3.22. The van der Waals surface area contributed by atoms with Gasteiger partial charge in [0, 0.05) is 28.4 Å². The quantitative estimate of drug-likeness (QED) is 0.145. The Kier molecular flexibility index (Phi) is 5.12. The van der Waals surface area contributed by atoms with Crippen LogP contribution in [-0.2, 0) is 0 Å². The molecule has 0 unspecified atom stereocenters. The summed E-state index contributed by atoms with van der Waals surface area (Å²) in [6.07, 6.45) is 4.98. The van der Waals surface area contributed by atoms with Crippen molar-refractivity contribution in [2.45, 2.75) is 0 Å². The van der Waals surface area contributed by atoms with Crippen molar-refractivity contribution in [3.63, 3.8) is 0 Å². The Bertz CT molecular complexity index is 1490. The molecule has 5 rings (SSSR count). The molecule has 0 amide bonds. The topological polar surface area (TPSA) is 99.1 Å². The van der Waals surface area contributed by atoms with Crippen LogP contribution in [0.1, 0.15) is 5.76 Å². The Labute approximate surface area is 194 Å². The maximum absolute atomic E-state index is 11.1. The van der Waals surface area contributed by atoms with Crippen molar-refractivity contribution in [2.24, 2.45) is 4.99 Å². The highest BCUT2D eigenvalue weighted by Crippen LogP contribution is 2.34. The van der Waals surface area contributed by atoms with Crippen molar-refractivity contribution in [1.29, 1.82) is 0 Å². The number of benzene rings is 1. The normalized spacial score (nSPS) is 11.6. The lowest BCUT2D eigenvalue weighted by Crippen LogP contribution is -1.88. The van der Waals surface area contributed by atoms with E-state index in [1.165, 1.54) is 18.2 Å². The Hall–Kier alpha value is -3.69. The molecule has 10 heteroatoms. The zero-order valence-corrected chi connectivity index (χ0v) is 18.4. The maximum Gasteiger partial charge on any atom is 0.270 e. The minimum atomic E-state index is -0.482. The second-order valence-electron chi connectivity index (χ2n) is 6.72. The number of imidazole rings is 1. The first-order chi connectivity index (χ1) is 15.5. The van der Waals surface area contributed by atoms with Crippen LogP contribution < -0.4 is 0 Å². The Morgan fingerprint density at radius 1 is 1.16 bits per heavy atom. The van der Waals surface area contributed by atoms with Crippen LogP contribution >= 0.6 is 27.5 Å². The van der Waals surface area contributed by atoms with Crippen molar-refractivity contribution < 1.29 is 13.8 Å². The first-order valence-electron chi connectivity index (χ1n) is 9.29. The molecule has 4 heterocycles. The Morgan fingerprint density at radius 3 is 2.81 bits per heavy atom. The molecule has 0 N–H and O–H groups in total. The minimum Gasteiger partial charge on any atom is -0.463 e. The number of furan rings is 2. The van der Waals surface area contributed by atoms with E-state index < -0.39 is 4.92 Å². The number of aromatic nitrogens is 2. The van der Waals surface area contributed by atoms with Crippen molar-refractivity contribution in [2.75, 3.05) is 0 Å². The minimum absolute atomic E-state index is 0.0737. The number of nitro benzene ring substituents is 1. The largest absolute Gasteiger partial charge is 0.463 e. The highest BCUT2D eigenvalue weighted by atomic mass is 79.9. The number of halogens is 2. The van der Waals surface area contributed by atoms with Gasteiger partial charge in [0.2, 0.25) is 0 Å². The number of nitrogens with zero attached hydrogens (tertiary/aromatic N) is 4. The van der Waals surface area contributed by atoms with E-state index in [1.807, 2.05) is 28.8 Å². The SMILES string of the molecule is O=[N+]([O-])c1ccc(Cl)c(-c2ccc(C=Nc3c(-c4ccco4)nc4ccc(Br)cn34)o2)c1. The molecule has 0 aliphatic carbocycles. The van der Waals surface area contributed by atoms with Crippen LogP contribution in [0.25, 0.3) is 28.4 Å². The fraction of sp³-hybridized carbons (Fsp3) is 0. The van der Waals surface area contributed by atoms with E-state index in [4.69, 9.17) is 20.4 Å². The molecule has 5 aromatic rings. The summed E-state index contributed by atoms with van der Waals surface area (Å²) in [5, 5.41) is 11.4. The smallest absolute Gasteiger partial charge is 0.270 e. The van der Waals surface area contributed by atoms with Gasteiger partial charge < -0.3 is 8.83 Å². The zero-order chi connectivity index (χ0) is 22.2. The number of aliphatic imine (C=N–C) groups is 1. The highest BCUT2D eigenvalue weighted by Gasteiger charge is 2.17. The van der Waals surface area contributed by atoms with Crippen LogP contribution in [0, 0.1) is 10.1 Å². The fourth-order valence-corrected chi connectivity index (χ4v) is 3.76. The van der Waals surface area contributed by atoms with Crippen LogP contribution in [0.4, 0.5) is 11.5 Å². The first kappa shape index (κ1) is 20.2. The Balaban J connectivity index is 1.55. The number of hydrogen-bond acceptors (Lipinski definition) is 6. The molecule has 0 radical (unpaired) electrons. The summed E-state index contributed by atoms with van der Waals surface area (Å²) in [5.74, 6) is 1.98. The average molecular weight is 512 g/mol. The summed E-state index contributed by atoms with van der Waals surface area (Å²) in [6, 6.07) is 14.9. The van der Waals surface area contributed by atoms with Crippen LogP contribution in [0.2, 0.25) is 5.02 Å². The van der Waals surface area contributed by atoms with E-state index in [1.54, 1.807) is 30.7 Å². The standard InChI is InChI=1S/C22H12BrClN4O4/c23-13-3-8-20-26-21(19-2-1-9-31-19)22(27(20)12-13)25-11-15-5-7-18(32-15)16-10-14(28(29)30)4-6-17(16)24/h1-12H. The first-order valence-corrected chi connectivity index (χ1v) is 10.5. The van der Waals surface area contributed by atoms with Gasteiger partial charge in [-0.05, 0) is 58.4 Å². The summed E-state index contributed by atoms with van der Waals surface area (Å²) in [5.41, 5.74) is 1.64. The predicted molar refractivity (Wildman–Crippen MR) is 124 cm³/mol. The van der Waals surface area contributed by atoms with Gasteiger partial charge in [-0.15, -0.1) is 0 Å². The summed E-state index contributed by atoms with van der Waals surface area (Å²) < 4.78 is 14.1. The number of pyridine rings is 1. The molecule has 8 nitrogen and oxygen atoms in total. The summed E-state index contributed by atoms with van der Waals surface area (Å²) in [6.45, 7) is 0. The zero-order valence-electron chi connectivity index (χ0n) is 16.1. The third-order valence-electron chi connectivity index (χ3n) is 4.68. The molecule has 0 saturated heterocycles. The molecule has 0 saturated carbocycles. The molecule has 0 aliphatic heterocycles. The summed E-state index contributed by atoms with van der Waals surface area (Å²) in [4.78, 5) is 19.8. The van der Waals surface area contributed by atoms with Gasteiger partial charge in [0.05, 0.1) is 22.4 Å². The van der Waals surface area contributed by atoms with Gasteiger partial charge in [-0.2, -0.15) is 0 Å². The van der Waals surface area contributed by atoms with E-state index in [2.05, 4.69) is 25.9 Å². The monoisotopic (exact) mass is 510 g/mol. The lowest BCUT2D eigenvalue weighted by atomic mass is 10.1. The summed E-state index contributed by atoms with van der Waals surface area (Å²) >= 11 is 9.69. The number of nitro groups is 1. The van der Waals surface area contributed by atoms with E-state index in [9.17, 15) is 10.1 Å². The van der Waals surface area contributed by atoms with Gasteiger partial charge in [-0.25, -0.2) is 9.98 Å². The molecule has 4 aromatic heterocycles. The second-order valence-corrected chi connectivity index (χ2v) is 8.04. The van der Waals surface area contributed by atoms with Crippen molar-refractivity contribution in [3.05, 3.63) is 92.4 Å². The van der Waals surface area contributed by atoms with Crippen LogP contribution in [0.3, 0.4) is 0 Å². The lowest BCUT2D eigenvalue weighted by Gasteiger charge is -2.01. The molecule has 0 aliphatic rings. The second kappa shape index (κ2) is 8.10. The Morgan fingerprint density at radius 2 is 2.03 bits per heavy atom. The highest BCUT2D eigenvalue weighted by molar-refractivity contribution is 9.10. The number of hydrogen-bond donors (Lipinski definition) is 0. The van der Waals surface area contributed by atoms with Gasteiger partial charge in [0.1, 0.15) is 17.2 Å². The number of fused-ring (bicyclic) bond motifs is 1. The third-order valence-corrected chi connectivity index (χ3v) is 5.48. The van der Waals surface area contributed by atoms with E-state index >= 15 is 0 Å². The van der Waals surface area contributed by atoms with Crippen molar-refractivity contribution >= 4 is 50.9 Å². The molecule has 0 atom stereocenters. The van der Waals surface area contributed by atoms with Gasteiger partial charge in [-0.3, -0.25) is 14.5 Å². The molecular weight excluding hydrogens is 500 g/mol. The van der Waals surface area contributed by atoms with E-state index in [-0.39, 0.29) is 5.69 Å². The maximum atomic E-state index is 11.1. The number of rotatable bonds is 5.